The second-order valence-electron chi connectivity index (χ2n) is 47.0. The Morgan fingerprint density at radius 1 is 0.372 bits per heavy atom. The van der Waals surface area contributed by atoms with Gasteiger partial charge in [0.1, 0.15) is 108 Å². The highest BCUT2D eigenvalue weighted by Crippen LogP contribution is 2.44. The fraction of sp³-hybridized carbons (Fsp3) is 0.421. The number of hydrogen-bond donors (Lipinski definition) is 0. The number of ether oxygens (including phenoxy) is 9. The normalized spacial score (nSPS) is 13.9. The molecule has 0 fully saturated rings. The molecule has 19 heteroatoms. The van der Waals surface area contributed by atoms with E-state index in [1.807, 2.05) is 282 Å². The summed E-state index contributed by atoms with van der Waals surface area (Å²) in [5.41, 5.74) is 22.3. The van der Waals surface area contributed by atoms with Crippen molar-refractivity contribution in [2.75, 3.05) is 0 Å². The van der Waals surface area contributed by atoms with Gasteiger partial charge in [0, 0.05) is 64.9 Å². The van der Waals surface area contributed by atoms with Crippen LogP contribution in [0.4, 0.5) is 26.3 Å². The Balaban J connectivity index is 0.000000167. The maximum absolute atomic E-state index is 14.2. The largest absolute Gasteiger partial charge is 0.488 e. The Kier molecular flexibility index (Phi) is 36.3. The molecule has 0 saturated heterocycles. The molecule has 12 nitrogen and oxygen atoms in total. The van der Waals surface area contributed by atoms with Gasteiger partial charge in [-0.25, -0.2) is 26.3 Å². The van der Waals surface area contributed by atoms with Crippen LogP contribution in [0.15, 0.2) is 168 Å². The summed E-state index contributed by atoms with van der Waals surface area (Å²) in [6.45, 7) is 67.5. The molecule has 11 aromatic rings. The molecule has 2 heterocycles. The summed E-state index contributed by atoms with van der Waals surface area (Å²) in [6.07, 6.45) is 25.1. The van der Waals surface area contributed by atoms with Gasteiger partial charge in [0.05, 0.1) is 21.7 Å². The Morgan fingerprint density at radius 3 is 1.41 bits per heavy atom. The number of nitriles is 1. The standard InChI is InChI=1S/C15H19FO.C15H17NO.C15H20O.2C14H18FNO.C14H17FO.C13H15ClO.2C13H15FO/c1-5-10-8-11-6-7-13(17-15(2,3)4)14(16)12(11)9-10;1-10-7-11-5-6-14(17-15(2,3)4)13(9-16)12(11)8-10;1-10-8-12-6-7-14(16-15(3,4)5)11(2)13(12)9-10;1-9-6-10-7-13(17-14(2,3)4)11(15)8-12(10)16(9)5;1-9-13(15)11-8-10(17-14(2,3)4)6-7-12(11)16(9)5;1-9-5-6-10-7-8-11(13(15)12(9)10)16-14(2,3)4;1-13(2,3)15-11-8-7-9-5-4-6-10(9)12(11)14;1-13(2,3)15-10-6-4-9-5-7-12(14)11(9)8-10;1-13(2,3)15-10-7-9-5-4-6-11(9)12(14)8-10/h6-7,9H,5,8H2,1-4H3;5-6,8H,7H2,1-4H3;6-7,9H,8H2,1-5H3;2*6-8H,1-5H3;5,7-8H,6H2,1-4H3;2*4,6-8H,5H2,1-3H3;4-5,7-8H,6H2,1-3H3. The van der Waals surface area contributed by atoms with Crippen molar-refractivity contribution < 1.29 is 69.0 Å². The van der Waals surface area contributed by atoms with Crippen molar-refractivity contribution in [3.05, 3.63) is 303 Å². The molecule has 0 saturated carbocycles. The molecule has 0 bridgehead atoms. The third-order valence-electron chi connectivity index (χ3n) is 23.4. The Bertz CT molecular complexity index is 6850. The monoisotopic (exact) mass is 2000 g/mol. The zero-order chi connectivity index (χ0) is 108. The van der Waals surface area contributed by atoms with Crippen LogP contribution in [0.25, 0.3) is 63.6 Å². The van der Waals surface area contributed by atoms with Crippen molar-refractivity contribution in [2.24, 2.45) is 14.1 Å². The van der Waals surface area contributed by atoms with Gasteiger partial charge in [0.15, 0.2) is 40.5 Å². The number of aryl methyl sites for hydroxylation is 3. The predicted octanol–water partition coefficient (Wildman–Crippen LogP) is 35.1. The summed E-state index contributed by atoms with van der Waals surface area (Å²) in [4.78, 5) is 0. The molecule has 9 aromatic carbocycles. The maximum Gasteiger partial charge on any atom is 0.172 e. The maximum atomic E-state index is 14.2. The van der Waals surface area contributed by atoms with E-state index in [9.17, 15) is 31.6 Å². The molecular formula is C126H154ClF6N3O9. The lowest BCUT2D eigenvalue weighted by Crippen LogP contribution is -2.23. The molecule has 0 atom stereocenters. The van der Waals surface area contributed by atoms with E-state index in [0.29, 0.717) is 75.1 Å². The van der Waals surface area contributed by atoms with Crippen LogP contribution in [0.2, 0.25) is 5.02 Å². The van der Waals surface area contributed by atoms with Crippen LogP contribution in [-0.4, -0.2) is 59.5 Å². The van der Waals surface area contributed by atoms with Gasteiger partial charge in [0.25, 0.3) is 0 Å². The highest BCUT2D eigenvalue weighted by atomic mass is 35.5. The van der Waals surface area contributed by atoms with Crippen molar-refractivity contribution in [3.8, 4) is 57.8 Å². The van der Waals surface area contributed by atoms with Gasteiger partial charge in [-0.05, 0) is 432 Å². The Morgan fingerprint density at radius 2 is 0.834 bits per heavy atom. The SMILES string of the molecule is CC(C)(C)Oc1cc(F)c2c(c1)C=CC2.CC(C)(C)Oc1ccc2c(c1)C(F)=CC2.CC(C)(C)Oc1ccc2c(c1Cl)C=CC2.CC1=CCc2ccc(OC(C)(C)C)c(F)c21.CC1=Cc2c(ccc(OC(C)(C)C)c2C#N)C1.CC1=Cc2c(ccc(OC(C)(C)C)c2C)C1.CCC1=Cc2c(ccc(OC(C)(C)C)c2F)C1.Cc1c(F)c2cc(OC(C)(C)C)ccc2n1C.Cc1cc2cc(OC(C)(C)C)c(F)cc2n1C. The van der Waals surface area contributed by atoms with Crippen LogP contribution < -0.4 is 42.6 Å². The van der Waals surface area contributed by atoms with E-state index < -0.39 is 5.60 Å². The van der Waals surface area contributed by atoms with Crippen LogP contribution in [0, 0.1) is 61.2 Å². The van der Waals surface area contributed by atoms with E-state index >= 15 is 0 Å². The summed E-state index contributed by atoms with van der Waals surface area (Å²) < 4.78 is 139. The second kappa shape index (κ2) is 45.8. The molecule has 2 aromatic heterocycles. The molecule has 0 radical (unpaired) electrons. The molecule has 776 valence electrons. The lowest BCUT2D eigenvalue weighted by atomic mass is 10.0. The van der Waals surface area contributed by atoms with Gasteiger partial charge >= 0.3 is 0 Å². The lowest BCUT2D eigenvalue weighted by Gasteiger charge is -2.23. The van der Waals surface area contributed by atoms with E-state index in [-0.39, 0.29) is 79.7 Å². The quantitative estimate of drug-likeness (QED) is 0.123. The number of aromatic nitrogens is 2. The minimum absolute atomic E-state index is 0.129. The predicted molar refractivity (Wildman–Crippen MR) is 590 cm³/mol. The third-order valence-corrected chi connectivity index (χ3v) is 23.8. The van der Waals surface area contributed by atoms with E-state index in [0.717, 1.165) is 133 Å². The van der Waals surface area contributed by atoms with Crippen molar-refractivity contribution in [1.82, 2.24) is 9.13 Å². The number of rotatable bonds is 10. The van der Waals surface area contributed by atoms with Crippen molar-refractivity contribution >= 4 is 75.2 Å². The molecule has 0 unspecified atom stereocenters. The Hall–Kier alpha value is -12.2. The molecule has 0 N–H and O–H groups in total. The molecule has 7 aliphatic carbocycles. The fourth-order valence-electron chi connectivity index (χ4n) is 17.2. The van der Waals surface area contributed by atoms with Crippen molar-refractivity contribution in [2.45, 2.75) is 337 Å². The molecular weight excluding hydrogens is 1850 g/mol. The van der Waals surface area contributed by atoms with E-state index in [1.54, 1.807) is 43.3 Å². The highest BCUT2D eigenvalue weighted by molar-refractivity contribution is 6.33. The minimum atomic E-state index is -0.391. The number of benzene rings is 9. The van der Waals surface area contributed by atoms with Gasteiger partial charge in [0.2, 0.25) is 0 Å². The lowest BCUT2D eigenvalue weighted by molar-refractivity contribution is 0.124. The molecule has 7 aliphatic rings. The first-order valence-electron chi connectivity index (χ1n) is 50.2. The number of fused-ring (bicyclic) bond motifs is 9. The minimum Gasteiger partial charge on any atom is -0.488 e. The Labute approximate surface area is 865 Å². The van der Waals surface area contributed by atoms with Crippen LogP contribution >= 0.6 is 11.6 Å². The molecule has 0 aliphatic heterocycles. The zero-order valence-electron chi connectivity index (χ0n) is 92.6. The summed E-state index contributed by atoms with van der Waals surface area (Å²) in [5.74, 6) is 4.29. The van der Waals surface area contributed by atoms with E-state index in [4.69, 9.17) is 54.2 Å². The average molecular weight is 2000 g/mol. The van der Waals surface area contributed by atoms with Gasteiger partial charge < -0.3 is 51.8 Å². The molecule has 18 rings (SSSR count). The number of nitrogens with zero attached hydrogens (tertiary/aromatic N) is 3. The van der Waals surface area contributed by atoms with Crippen molar-refractivity contribution in [3.63, 3.8) is 0 Å². The van der Waals surface area contributed by atoms with Crippen LogP contribution in [-0.2, 0) is 59.0 Å². The number of hydrogen-bond acceptors (Lipinski definition) is 10. The second-order valence-corrected chi connectivity index (χ2v) is 47.3. The van der Waals surface area contributed by atoms with E-state index in [2.05, 4.69) is 109 Å². The summed E-state index contributed by atoms with van der Waals surface area (Å²) in [6, 6.07) is 41.8. The van der Waals surface area contributed by atoms with E-state index in [1.165, 1.54) is 56.7 Å². The molecule has 0 spiro atoms. The van der Waals surface area contributed by atoms with Gasteiger partial charge in [-0.15, -0.1) is 0 Å². The number of allylic oxidation sites excluding steroid dienone is 8. The van der Waals surface area contributed by atoms with Gasteiger partial charge in [-0.1, -0.05) is 120 Å². The number of halogens is 7. The smallest absolute Gasteiger partial charge is 0.172 e. The van der Waals surface area contributed by atoms with Crippen LogP contribution in [0.3, 0.4) is 0 Å². The summed E-state index contributed by atoms with van der Waals surface area (Å²) >= 11 is 6.28. The van der Waals surface area contributed by atoms with Gasteiger partial charge in [-0.2, -0.15) is 5.26 Å². The first kappa shape index (κ1) is 115. The first-order chi connectivity index (χ1) is 67.0. The first-order valence-corrected chi connectivity index (χ1v) is 50.6. The molecule has 0 amide bonds. The van der Waals surface area contributed by atoms with Crippen molar-refractivity contribution in [1.29, 1.82) is 5.26 Å². The topological polar surface area (TPSA) is 117 Å². The van der Waals surface area contributed by atoms with Crippen LogP contribution in [0.5, 0.6) is 51.7 Å². The summed E-state index contributed by atoms with van der Waals surface area (Å²) in [7, 11) is 3.80. The molecule has 145 heavy (non-hydrogen) atoms. The summed E-state index contributed by atoms with van der Waals surface area (Å²) in [5, 5.41) is 11.7. The fourth-order valence-corrected chi connectivity index (χ4v) is 17.4. The zero-order valence-corrected chi connectivity index (χ0v) is 93.4. The third kappa shape index (κ3) is 32.4. The average Bonchev–Trinajstić information content (AvgIpc) is 1.64. The van der Waals surface area contributed by atoms with Gasteiger partial charge in [-0.3, -0.25) is 0 Å². The van der Waals surface area contributed by atoms with Crippen LogP contribution in [0.1, 0.15) is 321 Å². The highest BCUT2D eigenvalue weighted by Gasteiger charge is 2.30.